The fourth-order valence-electron chi connectivity index (χ4n) is 2.27. The number of ether oxygens (including phenoxy) is 1. The third-order valence-corrected chi connectivity index (χ3v) is 6.11. The van der Waals surface area contributed by atoms with Crippen LogP contribution in [0.2, 0.25) is 0 Å². The Morgan fingerprint density at radius 3 is 2.33 bits per heavy atom. The zero-order chi connectivity index (χ0) is 19.5. The van der Waals surface area contributed by atoms with Gasteiger partial charge in [0.25, 0.3) is 10.0 Å². The molecule has 1 heterocycles. The van der Waals surface area contributed by atoms with Crippen LogP contribution in [0.25, 0.3) is 0 Å². The molecule has 3 rings (SSSR count). The number of nitrogens with zero attached hydrogens (tertiary/aromatic N) is 2. The molecule has 0 fully saturated rings. The summed E-state index contributed by atoms with van der Waals surface area (Å²) in [7, 11) is -7.85. The zero-order valence-electron chi connectivity index (χ0n) is 14.1. The van der Waals surface area contributed by atoms with Gasteiger partial charge in [-0.15, -0.1) is 0 Å². The molecule has 0 unspecified atom stereocenters. The summed E-state index contributed by atoms with van der Waals surface area (Å²) < 4.78 is 57.0. The van der Waals surface area contributed by atoms with Crippen LogP contribution in [0.1, 0.15) is 0 Å². The van der Waals surface area contributed by atoms with E-state index in [9.17, 15) is 16.8 Å². The molecule has 27 heavy (non-hydrogen) atoms. The van der Waals surface area contributed by atoms with Crippen LogP contribution in [0, 0.1) is 0 Å². The molecular weight excluding hydrogens is 390 g/mol. The highest BCUT2D eigenvalue weighted by atomic mass is 32.2. The number of aromatic nitrogens is 2. The van der Waals surface area contributed by atoms with Crippen LogP contribution in [0.4, 0.5) is 5.69 Å². The average molecular weight is 405 g/mol. The molecule has 0 saturated carbocycles. The lowest BCUT2D eigenvalue weighted by Gasteiger charge is -2.12. The standard InChI is InChI=1S/C17H15N3O5S2/c1-26(21,22)15-7-2-3-8-16(15)27(23,24)20-13-5-4-6-14(11-13)25-17-12-18-9-10-19-17/h2-12,20H,1H3. The van der Waals surface area contributed by atoms with Gasteiger partial charge in [0.05, 0.1) is 16.8 Å². The van der Waals surface area contributed by atoms with Crippen molar-refractivity contribution in [1.82, 2.24) is 9.97 Å². The van der Waals surface area contributed by atoms with E-state index in [2.05, 4.69) is 14.7 Å². The van der Waals surface area contributed by atoms with Crippen molar-refractivity contribution in [3.8, 4) is 11.6 Å². The molecule has 0 saturated heterocycles. The van der Waals surface area contributed by atoms with Gasteiger partial charge >= 0.3 is 0 Å². The summed E-state index contributed by atoms with van der Waals surface area (Å²) in [6.45, 7) is 0. The van der Waals surface area contributed by atoms with Crippen LogP contribution in [-0.2, 0) is 19.9 Å². The first-order chi connectivity index (χ1) is 12.8. The second-order valence-corrected chi connectivity index (χ2v) is 9.13. The lowest BCUT2D eigenvalue weighted by molar-refractivity contribution is 0.460. The highest BCUT2D eigenvalue weighted by molar-refractivity contribution is 7.95. The van der Waals surface area contributed by atoms with Crippen molar-refractivity contribution in [2.45, 2.75) is 9.79 Å². The van der Waals surface area contributed by atoms with Crippen LogP contribution in [0.5, 0.6) is 11.6 Å². The van der Waals surface area contributed by atoms with E-state index in [1.54, 1.807) is 12.1 Å². The first-order valence-electron chi connectivity index (χ1n) is 7.61. The number of sulfone groups is 1. The number of anilines is 1. The summed E-state index contributed by atoms with van der Waals surface area (Å²) in [4.78, 5) is 7.25. The normalized spacial score (nSPS) is 11.7. The lowest BCUT2D eigenvalue weighted by Crippen LogP contribution is -2.16. The maximum Gasteiger partial charge on any atom is 0.263 e. The molecule has 0 bridgehead atoms. The van der Waals surface area contributed by atoms with Crippen LogP contribution >= 0.6 is 0 Å². The Kier molecular flexibility index (Phi) is 5.10. The number of benzene rings is 2. The molecule has 0 amide bonds. The van der Waals surface area contributed by atoms with Crippen molar-refractivity contribution in [1.29, 1.82) is 0 Å². The van der Waals surface area contributed by atoms with E-state index in [4.69, 9.17) is 4.74 Å². The van der Waals surface area contributed by atoms with Crippen molar-refractivity contribution in [2.75, 3.05) is 11.0 Å². The lowest BCUT2D eigenvalue weighted by atomic mass is 10.3. The SMILES string of the molecule is CS(=O)(=O)c1ccccc1S(=O)(=O)Nc1cccc(Oc2cnccn2)c1. The third kappa shape index (κ3) is 4.60. The third-order valence-electron chi connectivity index (χ3n) is 3.39. The summed E-state index contributed by atoms with van der Waals surface area (Å²) >= 11 is 0. The van der Waals surface area contributed by atoms with E-state index in [1.807, 2.05) is 0 Å². The summed E-state index contributed by atoms with van der Waals surface area (Å²) in [6, 6.07) is 11.6. The van der Waals surface area contributed by atoms with Crippen molar-refractivity contribution >= 4 is 25.5 Å². The molecule has 3 aromatic rings. The first kappa shape index (κ1) is 18.8. The van der Waals surface area contributed by atoms with Gasteiger partial charge in [-0.25, -0.2) is 21.8 Å². The molecular formula is C17H15N3O5S2. The molecule has 0 radical (unpaired) electrons. The molecule has 0 aliphatic carbocycles. The van der Waals surface area contributed by atoms with Gasteiger partial charge in [-0.05, 0) is 24.3 Å². The second kappa shape index (κ2) is 7.33. The maximum absolute atomic E-state index is 12.7. The number of sulfonamides is 1. The fourth-order valence-corrected chi connectivity index (χ4v) is 4.95. The largest absolute Gasteiger partial charge is 0.437 e. The number of rotatable bonds is 6. The number of hydrogen-bond donors (Lipinski definition) is 1. The molecule has 1 N–H and O–H groups in total. The zero-order valence-corrected chi connectivity index (χ0v) is 15.7. The molecule has 2 aromatic carbocycles. The van der Waals surface area contributed by atoms with Gasteiger partial charge in [0.2, 0.25) is 5.88 Å². The van der Waals surface area contributed by atoms with Crippen LogP contribution in [0.15, 0.2) is 76.9 Å². The van der Waals surface area contributed by atoms with Crippen LogP contribution < -0.4 is 9.46 Å². The minimum absolute atomic E-state index is 0.208. The Balaban J connectivity index is 1.91. The highest BCUT2D eigenvalue weighted by Gasteiger charge is 2.23. The maximum atomic E-state index is 12.7. The predicted octanol–water partition coefficient (Wildman–Crippen LogP) is 2.47. The van der Waals surface area contributed by atoms with E-state index >= 15 is 0 Å². The minimum Gasteiger partial charge on any atom is -0.437 e. The Bertz CT molecular complexity index is 1160. The summed E-state index contributed by atoms with van der Waals surface area (Å²) in [5.41, 5.74) is 0.208. The molecule has 1 aromatic heterocycles. The number of hydrogen-bond acceptors (Lipinski definition) is 7. The van der Waals surface area contributed by atoms with Gasteiger partial charge in [-0.1, -0.05) is 18.2 Å². The molecule has 140 valence electrons. The molecule has 0 atom stereocenters. The Hall–Kier alpha value is -2.98. The van der Waals surface area contributed by atoms with Gasteiger partial charge in [-0.2, -0.15) is 0 Å². The monoisotopic (exact) mass is 405 g/mol. The van der Waals surface area contributed by atoms with Gasteiger partial charge in [0.1, 0.15) is 10.6 Å². The molecule has 10 heteroatoms. The summed E-state index contributed by atoms with van der Waals surface area (Å²) in [6.07, 6.45) is 5.33. The molecule has 0 spiro atoms. The van der Waals surface area contributed by atoms with Crippen LogP contribution in [0.3, 0.4) is 0 Å². The van der Waals surface area contributed by atoms with Crippen molar-refractivity contribution in [3.05, 3.63) is 67.1 Å². The summed E-state index contributed by atoms with van der Waals surface area (Å²) in [5, 5.41) is 0. The van der Waals surface area contributed by atoms with Crippen molar-refractivity contribution in [2.24, 2.45) is 0 Å². The Labute approximate surface area is 156 Å². The first-order valence-corrected chi connectivity index (χ1v) is 11.0. The Morgan fingerprint density at radius 1 is 0.926 bits per heavy atom. The topological polar surface area (TPSA) is 115 Å². The minimum atomic E-state index is -4.13. The number of nitrogens with one attached hydrogen (secondary N) is 1. The van der Waals surface area contributed by atoms with Gasteiger partial charge in [0, 0.05) is 24.7 Å². The van der Waals surface area contributed by atoms with E-state index < -0.39 is 19.9 Å². The van der Waals surface area contributed by atoms with E-state index in [0.29, 0.717) is 5.75 Å². The summed E-state index contributed by atoms with van der Waals surface area (Å²) in [5.74, 6) is 0.590. The smallest absolute Gasteiger partial charge is 0.263 e. The molecule has 0 aliphatic rings. The predicted molar refractivity (Wildman–Crippen MR) is 98.9 cm³/mol. The fraction of sp³-hybridized carbons (Fsp3) is 0.0588. The van der Waals surface area contributed by atoms with E-state index in [0.717, 1.165) is 6.26 Å². The van der Waals surface area contributed by atoms with E-state index in [1.165, 1.54) is 55.0 Å². The average Bonchev–Trinajstić information content (AvgIpc) is 2.62. The molecule has 8 nitrogen and oxygen atoms in total. The van der Waals surface area contributed by atoms with E-state index in [-0.39, 0.29) is 21.4 Å². The highest BCUT2D eigenvalue weighted by Crippen LogP contribution is 2.26. The van der Waals surface area contributed by atoms with Crippen molar-refractivity contribution in [3.63, 3.8) is 0 Å². The van der Waals surface area contributed by atoms with Gasteiger partial charge in [0.15, 0.2) is 9.84 Å². The Morgan fingerprint density at radius 2 is 1.67 bits per heavy atom. The van der Waals surface area contributed by atoms with Crippen molar-refractivity contribution < 1.29 is 21.6 Å². The van der Waals surface area contributed by atoms with Gasteiger partial charge < -0.3 is 4.74 Å². The second-order valence-electron chi connectivity index (χ2n) is 5.50. The molecule has 0 aliphatic heterocycles. The van der Waals surface area contributed by atoms with Gasteiger partial charge in [-0.3, -0.25) is 9.71 Å². The quantitative estimate of drug-likeness (QED) is 0.670. The van der Waals surface area contributed by atoms with Crippen LogP contribution in [-0.4, -0.2) is 33.1 Å².